The molecule has 3 N–H and O–H groups in total. The third kappa shape index (κ3) is 2.57. The summed E-state index contributed by atoms with van der Waals surface area (Å²) < 4.78 is 1.70. The third-order valence-electron chi connectivity index (χ3n) is 2.20. The molecule has 0 aliphatic carbocycles. The van der Waals surface area contributed by atoms with Crippen LogP contribution in [-0.4, -0.2) is 15.5 Å². The molecule has 88 valence electrons. The van der Waals surface area contributed by atoms with Gasteiger partial charge in [0.25, 0.3) is 5.91 Å². The predicted molar refractivity (Wildman–Crippen MR) is 67.0 cm³/mol. The van der Waals surface area contributed by atoms with Crippen LogP contribution in [0.4, 0.5) is 11.4 Å². The molecule has 6 heteroatoms. The van der Waals surface area contributed by atoms with Gasteiger partial charge >= 0.3 is 0 Å². The molecule has 2 aromatic rings. The molecule has 0 spiro atoms. The summed E-state index contributed by atoms with van der Waals surface area (Å²) in [6.07, 6.45) is 3.19. The molecule has 0 unspecified atom stereocenters. The molecule has 0 saturated heterocycles. The van der Waals surface area contributed by atoms with Gasteiger partial charge < -0.3 is 15.6 Å². The van der Waals surface area contributed by atoms with E-state index in [-0.39, 0.29) is 5.91 Å². The summed E-state index contributed by atoms with van der Waals surface area (Å²) >= 11 is 5.85. The Kier molecular flexibility index (Phi) is 3.01. The zero-order valence-electron chi connectivity index (χ0n) is 9.14. The van der Waals surface area contributed by atoms with Crippen molar-refractivity contribution < 1.29 is 4.79 Å². The van der Waals surface area contributed by atoms with Crippen LogP contribution >= 0.6 is 11.6 Å². The SMILES string of the molecule is Cn1cnc(C(=O)Nc2ccc(N)c(Cl)c2)c1. The standard InChI is InChI=1S/C11H11ClN4O/c1-16-5-10(14-6-16)11(17)15-7-2-3-9(13)8(12)4-7/h2-6H,13H2,1H3,(H,15,17). The van der Waals surface area contributed by atoms with Gasteiger partial charge in [-0.15, -0.1) is 0 Å². The Morgan fingerprint density at radius 1 is 1.53 bits per heavy atom. The van der Waals surface area contributed by atoms with Gasteiger partial charge in [-0.1, -0.05) is 11.6 Å². The number of carbonyl (C=O) groups excluding carboxylic acids is 1. The fourth-order valence-electron chi connectivity index (χ4n) is 1.33. The first-order valence-electron chi connectivity index (χ1n) is 4.90. The summed E-state index contributed by atoms with van der Waals surface area (Å²) in [5.74, 6) is -0.286. The maximum absolute atomic E-state index is 11.8. The number of aromatic nitrogens is 2. The number of amides is 1. The van der Waals surface area contributed by atoms with Gasteiger partial charge in [0.2, 0.25) is 0 Å². The van der Waals surface area contributed by atoms with Gasteiger partial charge in [-0.2, -0.15) is 0 Å². The number of hydrogen-bond acceptors (Lipinski definition) is 3. The highest BCUT2D eigenvalue weighted by molar-refractivity contribution is 6.33. The molecule has 0 aliphatic heterocycles. The lowest BCUT2D eigenvalue weighted by molar-refractivity contribution is 0.102. The zero-order valence-corrected chi connectivity index (χ0v) is 9.90. The van der Waals surface area contributed by atoms with Crippen molar-refractivity contribution in [2.24, 2.45) is 7.05 Å². The lowest BCUT2D eigenvalue weighted by Gasteiger charge is -2.04. The van der Waals surface area contributed by atoms with Crippen molar-refractivity contribution in [3.63, 3.8) is 0 Å². The summed E-state index contributed by atoms with van der Waals surface area (Å²) in [5.41, 5.74) is 6.98. The maximum Gasteiger partial charge on any atom is 0.275 e. The number of hydrogen-bond donors (Lipinski definition) is 2. The summed E-state index contributed by atoms with van der Waals surface area (Å²) in [6, 6.07) is 4.91. The predicted octanol–water partition coefficient (Wildman–Crippen LogP) is 1.91. The number of aryl methyl sites for hydroxylation is 1. The molecule has 0 bridgehead atoms. The third-order valence-corrected chi connectivity index (χ3v) is 2.52. The van der Waals surface area contributed by atoms with Crippen LogP contribution in [0, 0.1) is 0 Å². The number of nitrogens with two attached hydrogens (primary N) is 1. The largest absolute Gasteiger partial charge is 0.398 e. The van der Waals surface area contributed by atoms with Crippen LogP contribution in [0.25, 0.3) is 0 Å². The van der Waals surface area contributed by atoms with E-state index in [0.717, 1.165) is 0 Å². The summed E-state index contributed by atoms with van der Waals surface area (Å²) in [7, 11) is 1.80. The highest BCUT2D eigenvalue weighted by Gasteiger charge is 2.09. The average molecular weight is 251 g/mol. The molecular formula is C11H11ClN4O. The molecule has 17 heavy (non-hydrogen) atoms. The van der Waals surface area contributed by atoms with Crippen LogP contribution in [0.1, 0.15) is 10.5 Å². The normalized spacial score (nSPS) is 10.2. The van der Waals surface area contributed by atoms with Crippen molar-refractivity contribution in [1.82, 2.24) is 9.55 Å². The molecule has 1 aromatic heterocycles. The Balaban J connectivity index is 2.15. The molecule has 0 aliphatic rings. The number of halogens is 1. The van der Waals surface area contributed by atoms with Crippen LogP contribution < -0.4 is 11.1 Å². The van der Waals surface area contributed by atoms with E-state index in [0.29, 0.717) is 22.1 Å². The highest BCUT2D eigenvalue weighted by Crippen LogP contribution is 2.22. The van der Waals surface area contributed by atoms with E-state index in [9.17, 15) is 4.79 Å². The van der Waals surface area contributed by atoms with E-state index in [1.54, 1.807) is 42.3 Å². The Labute approximate surface area is 103 Å². The molecule has 2 rings (SSSR count). The average Bonchev–Trinajstić information content (AvgIpc) is 2.70. The Bertz CT molecular complexity index is 564. The number of carbonyl (C=O) groups is 1. The van der Waals surface area contributed by atoms with Crippen molar-refractivity contribution in [2.75, 3.05) is 11.1 Å². The highest BCUT2D eigenvalue weighted by atomic mass is 35.5. The van der Waals surface area contributed by atoms with Crippen molar-refractivity contribution in [2.45, 2.75) is 0 Å². The van der Waals surface area contributed by atoms with E-state index >= 15 is 0 Å². The van der Waals surface area contributed by atoms with E-state index in [1.807, 2.05) is 0 Å². The number of nitrogens with one attached hydrogen (secondary N) is 1. The van der Waals surface area contributed by atoms with Crippen LogP contribution in [0.3, 0.4) is 0 Å². The van der Waals surface area contributed by atoms with Crippen molar-refractivity contribution in [3.8, 4) is 0 Å². The maximum atomic E-state index is 11.8. The van der Waals surface area contributed by atoms with E-state index in [4.69, 9.17) is 17.3 Å². The van der Waals surface area contributed by atoms with E-state index in [1.165, 1.54) is 0 Å². The van der Waals surface area contributed by atoms with E-state index in [2.05, 4.69) is 10.3 Å². The number of imidazole rings is 1. The minimum Gasteiger partial charge on any atom is -0.398 e. The second-order valence-corrected chi connectivity index (χ2v) is 4.02. The van der Waals surface area contributed by atoms with Gasteiger partial charge in [0, 0.05) is 18.9 Å². The van der Waals surface area contributed by atoms with Gasteiger partial charge in [0.05, 0.1) is 17.0 Å². The summed E-state index contributed by atoms with van der Waals surface area (Å²) in [4.78, 5) is 15.7. The Morgan fingerprint density at radius 3 is 2.88 bits per heavy atom. The van der Waals surface area contributed by atoms with Gasteiger partial charge in [-0.3, -0.25) is 4.79 Å². The van der Waals surface area contributed by atoms with Crippen LogP contribution in [0.2, 0.25) is 5.02 Å². The first-order valence-corrected chi connectivity index (χ1v) is 5.28. The van der Waals surface area contributed by atoms with Gasteiger partial charge in [-0.05, 0) is 18.2 Å². The zero-order chi connectivity index (χ0) is 12.4. The number of rotatable bonds is 2. The molecule has 0 saturated carbocycles. The molecule has 0 atom stereocenters. The lowest BCUT2D eigenvalue weighted by atomic mass is 10.3. The molecule has 0 fully saturated rings. The summed E-state index contributed by atoms with van der Waals surface area (Å²) in [5, 5.41) is 3.09. The van der Waals surface area contributed by atoms with Crippen LogP contribution in [-0.2, 0) is 7.05 Å². The Hall–Kier alpha value is -2.01. The van der Waals surface area contributed by atoms with E-state index < -0.39 is 0 Å². The lowest BCUT2D eigenvalue weighted by Crippen LogP contribution is -2.12. The fraction of sp³-hybridized carbons (Fsp3) is 0.0909. The minimum atomic E-state index is -0.286. The second kappa shape index (κ2) is 4.47. The minimum absolute atomic E-state index is 0.286. The number of nitrogen functional groups attached to an aromatic ring is 1. The second-order valence-electron chi connectivity index (χ2n) is 3.61. The van der Waals surface area contributed by atoms with Gasteiger partial charge in [-0.25, -0.2) is 4.98 Å². The molecule has 5 nitrogen and oxygen atoms in total. The molecule has 0 radical (unpaired) electrons. The van der Waals surface area contributed by atoms with Crippen molar-refractivity contribution >= 4 is 28.9 Å². The smallest absolute Gasteiger partial charge is 0.275 e. The summed E-state index contributed by atoms with van der Waals surface area (Å²) in [6.45, 7) is 0. The van der Waals surface area contributed by atoms with Crippen molar-refractivity contribution in [3.05, 3.63) is 41.4 Å². The Morgan fingerprint density at radius 2 is 2.29 bits per heavy atom. The van der Waals surface area contributed by atoms with Gasteiger partial charge in [0.15, 0.2) is 0 Å². The van der Waals surface area contributed by atoms with Crippen LogP contribution in [0.5, 0.6) is 0 Å². The van der Waals surface area contributed by atoms with Gasteiger partial charge in [0.1, 0.15) is 5.69 Å². The topological polar surface area (TPSA) is 72.9 Å². The first kappa shape index (κ1) is 11.5. The molecular weight excluding hydrogens is 240 g/mol. The quantitative estimate of drug-likeness (QED) is 0.800. The number of benzene rings is 1. The number of nitrogens with zero attached hydrogens (tertiary/aromatic N) is 2. The molecule has 1 heterocycles. The first-order chi connectivity index (χ1) is 8.06. The monoisotopic (exact) mass is 250 g/mol. The molecule has 1 aromatic carbocycles. The van der Waals surface area contributed by atoms with Crippen molar-refractivity contribution in [1.29, 1.82) is 0 Å². The number of anilines is 2. The van der Waals surface area contributed by atoms with Crippen LogP contribution in [0.15, 0.2) is 30.7 Å². The fourth-order valence-corrected chi connectivity index (χ4v) is 1.51. The molecule has 1 amide bonds.